The molecule has 138 valence electrons. The number of hydrogen-bond acceptors (Lipinski definition) is 4. The second-order valence-corrected chi connectivity index (χ2v) is 7.07. The van der Waals surface area contributed by atoms with E-state index in [1.165, 1.54) is 5.56 Å². The first-order valence-corrected chi connectivity index (χ1v) is 9.28. The monoisotopic (exact) mass is 377 g/mol. The molecule has 4 aromatic heterocycles. The van der Waals surface area contributed by atoms with Gasteiger partial charge in [0.25, 0.3) is 0 Å². The molecule has 0 unspecified atom stereocenters. The van der Waals surface area contributed by atoms with Crippen LogP contribution >= 0.6 is 0 Å². The van der Waals surface area contributed by atoms with Crippen LogP contribution in [0, 0.1) is 18.8 Å². The van der Waals surface area contributed by atoms with E-state index >= 15 is 0 Å². The number of fused-ring (bicyclic) bond motifs is 6. The van der Waals surface area contributed by atoms with Crippen LogP contribution in [0.2, 0.25) is 0 Å². The van der Waals surface area contributed by atoms with E-state index in [1.807, 2.05) is 39.9 Å². The molecular formula is C22H15N7. The van der Waals surface area contributed by atoms with Gasteiger partial charge in [0.2, 0.25) is 0 Å². The minimum absolute atomic E-state index is 0.657. The lowest BCUT2D eigenvalue weighted by molar-refractivity contribution is 0.777. The summed E-state index contributed by atoms with van der Waals surface area (Å²) in [6.07, 6.45) is 9.95. The van der Waals surface area contributed by atoms with E-state index in [0.717, 1.165) is 39.7 Å². The maximum atomic E-state index is 4.60. The largest absolute Gasteiger partial charge is 0.307 e. The van der Waals surface area contributed by atoms with Crippen LogP contribution in [-0.4, -0.2) is 33.9 Å². The minimum atomic E-state index is 0.657. The Kier molecular flexibility index (Phi) is 3.23. The van der Waals surface area contributed by atoms with Gasteiger partial charge in [0, 0.05) is 30.6 Å². The van der Waals surface area contributed by atoms with E-state index < -0.39 is 0 Å². The van der Waals surface area contributed by atoms with Crippen LogP contribution in [0.15, 0.2) is 61.4 Å². The molecule has 0 fully saturated rings. The van der Waals surface area contributed by atoms with Crippen LogP contribution in [0.1, 0.15) is 28.2 Å². The van der Waals surface area contributed by atoms with Gasteiger partial charge >= 0.3 is 0 Å². The Bertz CT molecular complexity index is 1460. The van der Waals surface area contributed by atoms with Crippen molar-refractivity contribution in [3.8, 4) is 23.2 Å². The molecule has 6 rings (SSSR count). The zero-order valence-corrected chi connectivity index (χ0v) is 15.6. The van der Waals surface area contributed by atoms with Gasteiger partial charge in [-0.25, -0.2) is 14.6 Å². The summed E-state index contributed by atoms with van der Waals surface area (Å²) in [4.78, 5) is 8.92. The summed E-state index contributed by atoms with van der Waals surface area (Å²) >= 11 is 0. The fraction of sp³-hybridized carbons (Fsp3) is 0.0909. The predicted octanol–water partition coefficient (Wildman–Crippen LogP) is 2.71. The average Bonchev–Trinajstić information content (AvgIpc) is 3.45. The Morgan fingerprint density at radius 3 is 2.93 bits per heavy atom. The van der Waals surface area contributed by atoms with Crippen molar-refractivity contribution in [3.63, 3.8) is 0 Å². The van der Waals surface area contributed by atoms with E-state index in [2.05, 4.69) is 61.8 Å². The Morgan fingerprint density at radius 1 is 1.00 bits per heavy atom. The van der Waals surface area contributed by atoms with E-state index in [1.54, 1.807) is 12.4 Å². The van der Waals surface area contributed by atoms with E-state index in [4.69, 9.17) is 0 Å². The number of aryl methyl sites for hydroxylation is 1. The summed E-state index contributed by atoms with van der Waals surface area (Å²) < 4.78 is 5.96. The molecule has 0 atom stereocenters. The molecule has 0 radical (unpaired) electrons. The van der Waals surface area contributed by atoms with E-state index in [0.29, 0.717) is 6.42 Å². The molecule has 1 aliphatic heterocycles. The summed E-state index contributed by atoms with van der Waals surface area (Å²) in [6, 6.07) is 10.3. The van der Waals surface area contributed by atoms with Gasteiger partial charge in [-0.15, -0.1) is 5.10 Å². The van der Waals surface area contributed by atoms with Gasteiger partial charge < -0.3 is 4.40 Å². The fourth-order valence-corrected chi connectivity index (χ4v) is 3.73. The molecule has 0 saturated carbocycles. The Labute approximate surface area is 166 Å². The second-order valence-electron chi connectivity index (χ2n) is 7.07. The quantitative estimate of drug-likeness (QED) is 0.382. The lowest BCUT2D eigenvalue weighted by Gasteiger charge is -2.10. The lowest BCUT2D eigenvalue weighted by atomic mass is 10.2. The maximum Gasteiger partial charge on any atom is 0.137 e. The highest BCUT2D eigenvalue weighted by molar-refractivity contribution is 5.58. The van der Waals surface area contributed by atoms with Crippen LogP contribution in [0.5, 0.6) is 0 Å². The molecule has 1 aliphatic rings. The fourth-order valence-electron chi connectivity index (χ4n) is 3.73. The molecule has 5 heterocycles. The summed E-state index contributed by atoms with van der Waals surface area (Å²) in [6.45, 7) is 2.07. The van der Waals surface area contributed by atoms with Crippen LogP contribution in [0.25, 0.3) is 17.0 Å². The van der Waals surface area contributed by atoms with Crippen molar-refractivity contribution in [2.24, 2.45) is 0 Å². The van der Waals surface area contributed by atoms with Gasteiger partial charge in [-0.3, -0.25) is 4.57 Å². The summed E-state index contributed by atoms with van der Waals surface area (Å²) in [5, 5.41) is 8.41. The average molecular weight is 377 g/mol. The topological polar surface area (TPSA) is 65.8 Å². The molecule has 0 aliphatic carbocycles. The Morgan fingerprint density at radius 2 is 1.97 bits per heavy atom. The van der Waals surface area contributed by atoms with Crippen LogP contribution in [-0.2, 0) is 6.42 Å². The van der Waals surface area contributed by atoms with Gasteiger partial charge in [-0.05, 0) is 42.7 Å². The van der Waals surface area contributed by atoms with Crippen molar-refractivity contribution in [1.82, 2.24) is 33.9 Å². The third-order valence-corrected chi connectivity index (χ3v) is 5.18. The highest BCUT2D eigenvalue weighted by Gasteiger charge is 2.22. The summed E-state index contributed by atoms with van der Waals surface area (Å²) in [5.41, 5.74) is 7.77. The SMILES string of the molecule is Cc1ccc2c(c1)-n1nncc1Cc1c(C#Cc3ccn4ccnc4c3)ncn1-2. The number of rotatable bonds is 0. The number of aromatic nitrogens is 7. The molecule has 0 bridgehead atoms. The molecule has 0 spiro atoms. The first-order valence-electron chi connectivity index (χ1n) is 9.28. The van der Waals surface area contributed by atoms with Gasteiger partial charge in [0.05, 0.1) is 29.0 Å². The zero-order valence-electron chi connectivity index (χ0n) is 15.6. The molecule has 0 amide bonds. The van der Waals surface area contributed by atoms with Gasteiger partial charge in [-0.2, -0.15) is 0 Å². The molecule has 0 saturated heterocycles. The second kappa shape index (κ2) is 5.91. The predicted molar refractivity (Wildman–Crippen MR) is 107 cm³/mol. The van der Waals surface area contributed by atoms with Gasteiger partial charge in [-0.1, -0.05) is 17.2 Å². The first-order chi connectivity index (χ1) is 14.3. The Balaban J connectivity index is 1.49. The summed E-state index contributed by atoms with van der Waals surface area (Å²) in [5.74, 6) is 6.48. The molecule has 7 heteroatoms. The van der Waals surface area contributed by atoms with Crippen LogP contribution in [0.4, 0.5) is 0 Å². The zero-order chi connectivity index (χ0) is 19.4. The van der Waals surface area contributed by atoms with Gasteiger partial charge in [0.15, 0.2) is 0 Å². The van der Waals surface area contributed by atoms with Crippen molar-refractivity contribution < 1.29 is 0 Å². The van der Waals surface area contributed by atoms with E-state index in [-0.39, 0.29) is 0 Å². The summed E-state index contributed by atoms with van der Waals surface area (Å²) in [7, 11) is 0. The first kappa shape index (κ1) is 15.8. The minimum Gasteiger partial charge on any atom is -0.307 e. The molecule has 1 aromatic carbocycles. The third kappa shape index (κ3) is 2.47. The molecule has 7 nitrogen and oxygen atoms in total. The smallest absolute Gasteiger partial charge is 0.137 e. The van der Waals surface area contributed by atoms with E-state index in [9.17, 15) is 0 Å². The highest BCUT2D eigenvalue weighted by atomic mass is 15.4. The van der Waals surface area contributed by atoms with Crippen molar-refractivity contribution in [2.75, 3.05) is 0 Å². The van der Waals surface area contributed by atoms with Crippen molar-refractivity contribution in [2.45, 2.75) is 13.3 Å². The van der Waals surface area contributed by atoms with Crippen LogP contribution < -0.4 is 0 Å². The molecule has 5 aromatic rings. The Hall–Kier alpha value is -4.18. The number of nitrogens with zero attached hydrogens (tertiary/aromatic N) is 7. The van der Waals surface area contributed by atoms with Crippen LogP contribution in [0.3, 0.4) is 0 Å². The number of hydrogen-bond donors (Lipinski definition) is 0. The molecular weight excluding hydrogens is 362 g/mol. The number of benzene rings is 1. The third-order valence-electron chi connectivity index (χ3n) is 5.18. The number of imidazole rings is 2. The van der Waals surface area contributed by atoms with Crippen molar-refractivity contribution in [3.05, 3.63) is 89.7 Å². The van der Waals surface area contributed by atoms with Crippen molar-refractivity contribution >= 4 is 5.65 Å². The number of pyridine rings is 1. The van der Waals surface area contributed by atoms with Crippen molar-refractivity contribution in [1.29, 1.82) is 0 Å². The highest BCUT2D eigenvalue weighted by Crippen LogP contribution is 2.29. The maximum absolute atomic E-state index is 4.60. The normalized spacial score (nSPS) is 11.9. The lowest BCUT2D eigenvalue weighted by Crippen LogP contribution is -2.03. The van der Waals surface area contributed by atoms with Gasteiger partial charge in [0.1, 0.15) is 17.7 Å². The molecule has 0 N–H and O–H groups in total. The standard InChI is InChI=1S/C22H15N7/c1-15-2-5-19-21(10-15)29-17(13-25-26-29)12-20-18(24-14-28(19)20)4-3-16-6-8-27-9-7-23-22(27)11-16/h2,5-11,13-14H,12H2,1H3. The molecule has 29 heavy (non-hydrogen) atoms.